The number of ether oxygens (including phenoxy) is 1. The van der Waals surface area contributed by atoms with Crippen LogP contribution in [-0.4, -0.2) is 61.3 Å². The van der Waals surface area contributed by atoms with E-state index >= 15 is 0 Å². The first kappa shape index (κ1) is 28.4. The van der Waals surface area contributed by atoms with Crippen molar-refractivity contribution in [1.82, 2.24) is 4.31 Å². The Bertz CT molecular complexity index is 1530. The van der Waals surface area contributed by atoms with Crippen LogP contribution in [0.15, 0.2) is 76.5 Å². The average Bonchev–Trinajstić information content (AvgIpc) is 2.93. The van der Waals surface area contributed by atoms with Gasteiger partial charge in [-0.1, -0.05) is 0 Å². The Kier molecular flexibility index (Phi) is 8.48. The third kappa shape index (κ3) is 6.52. The lowest BCUT2D eigenvalue weighted by Gasteiger charge is -2.30. The predicted octanol–water partition coefficient (Wildman–Crippen LogP) is 3.99. The Morgan fingerprint density at radius 3 is 2.05 bits per heavy atom. The zero-order valence-electron chi connectivity index (χ0n) is 22.0. The molecular formula is C27H32N4O6S2. The first-order valence-corrected chi connectivity index (χ1v) is 15.3. The van der Waals surface area contributed by atoms with Crippen molar-refractivity contribution in [3.8, 4) is 5.75 Å². The summed E-state index contributed by atoms with van der Waals surface area (Å²) in [4.78, 5) is 15.1. The molecule has 0 saturated carbocycles. The average molecular weight is 573 g/mol. The maximum atomic E-state index is 13.6. The van der Waals surface area contributed by atoms with Crippen molar-refractivity contribution >= 4 is 43.0 Å². The zero-order valence-corrected chi connectivity index (χ0v) is 23.7. The molecule has 1 amide bonds. The van der Waals surface area contributed by atoms with Crippen molar-refractivity contribution in [3.05, 3.63) is 72.3 Å². The highest BCUT2D eigenvalue weighted by Crippen LogP contribution is 2.32. The minimum Gasteiger partial charge on any atom is -0.497 e. The van der Waals surface area contributed by atoms with E-state index in [0.717, 1.165) is 36.7 Å². The fourth-order valence-corrected chi connectivity index (χ4v) is 6.48. The van der Waals surface area contributed by atoms with E-state index in [1.807, 2.05) is 4.90 Å². The zero-order chi connectivity index (χ0) is 28.2. The summed E-state index contributed by atoms with van der Waals surface area (Å²) in [6.45, 7) is 1.47. The van der Waals surface area contributed by atoms with Crippen LogP contribution in [-0.2, 0) is 20.0 Å². The number of benzene rings is 3. The molecule has 0 unspecified atom stereocenters. The highest BCUT2D eigenvalue weighted by Gasteiger charge is 2.25. The normalized spacial score (nSPS) is 14.2. The number of amides is 1. The lowest BCUT2D eigenvalue weighted by molar-refractivity contribution is 0.102. The van der Waals surface area contributed by atoms with Crippen LogP contribution in [0.1, 0.15) is 29.6 Å². The van der Waals surface area contributed by atoms with Crippen molar-refractivity contribution in [3.63, 3.8) is 0 Å². The molecule has 39 heavy (non-hydrogen) atoms. The van der Waals surface area contributed by atoms with Gasteiger partial charge in [-0.25, -0.2) is 21.1 Å². The van der Waals surface area contributed by atoms with Gasteiger partial charge in [-0.3, -0.25) is 9.52 Å². The Morgan fingerprint density at radius 2 is 1.46 bits per heavy atom. The molecule has 3 aromatic rings. The molecule has 0 radical (unpaired) electrons. The Balaban J connectivity index is 1.63. The highest BCUT2D eigenvalue weighted by atomic mass is 32.2. The van der Waals surface area contributed by atoms with E-state index in [1.165, 1.54) is 51.5 Å². The van der Waals surface area contributed by atoms with Crippen LogP contribution in [0.5, 0.6) is 5.75 Å². The van der Waals surface area contributed by atoms with Crippen molar-refractivity contribution < 1.29 is 26.4 Å². The fourth-order valence-electron chi connectivity index (χ4n) is 4.26. The molecular weight excluding hydrogens is 540 g/mol. The summed E-state index contributed by atoms with van der Waals surface area (Å²) in [5, 5.41) is 2.73. The smallest absolute Gasteiger partial charge is 0.264 e. The summed E-state index contributed by atoms with van der Waals surface area (Å²) in [6, 6.07) is 16.9. The molecule has 208 valence electrons. The predicted molar refractivity (Wildman–Crippen MR) is 152 cm³/mol. The summed E-state index contributed by atoms with van der Waals surface area (Å²) < 4.78 is 60.6. The molecule has 1 fully saturated rings. The van der Waals surface area contributed by atoms with E-state index in [1.54, 1.807) is 36.4 Å². The second-order valence-electron chi connectivity index (χ2n) is 9.33. The van der Waals surface area contributed by atoms with E-state index in [9.17, 15) is 21.6 Å². The van der Waals surface area contributed by atoms with Gasteiger partial charge in [0.1, 0.15) is 10.6 Å². The van der Waals surface area contributed by atoms with Gasteiger partial charge >= 0.3 is 0 Å². The van der Waals surface area contributed by atoms with E-state index in [-0.39, 0.29) is 15.4 Å². The summed E-state index contributed by atoms with van der Waals surface area (Å²) in [5.41, 5.74) is 1.46. The highest BCUT2D eigenvalue weighted by molar-refractivity contribution is 7.93. The van der Waals surface area contributed by atoms with Crippen molar-refractivity contribution in [2.24, 2.45) is 0 Å². The number of carbonyl (C=O) groups excluding carboxylic acids is 1. The molecule has 0 aromatic heterocycles. The number of nitrogens with one attached hydrogen (secondary N) is 2. The number of hydrogen-bond donors (Lipinski definition) is 2. The standard InChI is InChI=1S/C27H32N4O6S2/c1-30(2)39(35,36)24-14-7-20(8-15-24)27(32)28-22-11-16-25(31-17-5-4-6-18-31)26(19-22)38(33,34)29-21-9-12-23(37-3)13-10-21/h7-16,19,29H,4-6,17-18H2,1-3H3,(H,28,32). The quantitative estimate of drug-likeness (QED) is 0.397. The van der Waals surface area contributed by atoms with E-state index in [4.69, 9.17) is 4.74 Å². The number of anilines is 3. The summed E-state index contributed by atoms with van der Waals surface area (Å²) in [7, 11) is -3.26. The number of methoxy groups -OCH3 is 1. The van der Waals surface area contributed by atoms with Gasteiger partial charge < -0.3 is 15.0 Å². The Hall–Kier alpha value is -3.61. The molecule has 0 spiro atoms. The number of sulfonamides is 2. The van der Waals surface area contributed by atoms with Crippen molar-refractivity contribution in [2.75, 3.05) is 49.2 Å². The Morgan fingerprint density at radius 1 is 0.846 bits per heavy atom. The molecule has 0 bridgehead atoms. The molecule has 1 aliphatic heterocycles. The summed E-state index contributed by atoms with van der Waals surface area (Å²) in [5.74, 6) is 0.102. The second kappa shape index (κ2) is 11.6. The number of rotatable bonds is 9. The summed E-state index contributed by atoms with van der Waals surface area (Å²) in [6.07, 6.45) is 3.01. The molecule has 1 heterocycles. The SMILES string of the molecule is COc1ccc(NS(=O)(=O)c2cc(NC(=O)c3ccc(S(=O)(=O)N(C)C)cc3)ccc2N2CCCCC2)cc1. The van der Waals surface area contributed by atoms with Crippen LogP contribution >= 0.6 is 0 Å². The van der Waals surface area contributed by atoms with E-state index < -0.39 is 26.0 Å². The summed E-state index contributed by atoms with van der Waals surface area (Å²) >= 11 is 0. The Labute approximate surface area is 229 Å². The van der Waals surface area contributed by atoms with Crippen molar-refractivity contribution in [1.29, 1.82) is 0 Å². The van der Waals surface area contributed by atoms with Gasteiger partial charge in [0, 0.05) is 44.1 Å². The number of piperidine rings is 1. The minimum absolute atomic E-state index is 0.0467. The van der Waals surface area contributed by atoms with Gasteiger partial charge in [-0.15, -0.1) is 0 Å². The molecule has 3 aromatic carbocycles. The molecule has 0 aliphatic carbocycles. The fraction of sp³-hybridized carbons (Fsp3) is 0.296. The molecule has 4 rings (SSSR count). The van der Waals surface area contributed by atoms with E-state index in [2.05, 4.69) is 10.0 Å². The number of carbonyl (C=O) groups is 1. The van der Waals surface area contributed by atoms with E-state index in [0.29, 0.717) is 22.8 Å². The lowest BCUT2D eigenvalue weighted by Crippen LogP contribution is -2.31. The molecule has 0 atom stereocenters. The van der Waals surface area contributed by atoms with Crippen LogP contribution in [0.2, 0.25) is 0 Å². The first-order chi connectivity index (χ1) is 18.5. The lowest BCUT2D eigenvalue weighted by atomic mass is 10.1. The molecule has 2 N–H and O–H groups in total. The molecule has 10 nitrogen and oxygen atoms in total. The number of nitrogens with zero attached hydrogens (tertiary/aromatic N) is 2. The van der Waals surface area contributed by atoms with Crippen LogP contribution < -0.4 is 19.7 Å². The van der Waals surface area contributed by atoms with Crippen LogP contribution in [0.4, 0.5) is 17.1 Å². The van der Waals surface area contributed by atoms with Crippen LogP contribution in [0.25, 0.3) is 0 Å². The molecule has 12 heteroatoms. The van der Waals surface area contributed by atoms with Gasteiger partial charge in [0.05, 0.1) is 17.7 Å². The van der Waals surface area contributed by atoms with Gasteiger partial charge in [-0.05, 0) is 86.0 Å². The maximum absolute atomic E-state index is 13.6. The monoisotopic (exact) mass is 572 g/mol. The van der Waals surface area contributed by atoms with Crippen molar-refractivity contribution in [2.45, 2.75) is 29.1 Å². The van der Waals surface area contributed by atoms with Gasteiger partial charge in [0.2, 0.25) is 10.0 Å². The topological polar surface area (TPSA) is 125 Å². The number of hydrogen-bond acceptors (Lipinski definition) is 7. The van der Waals surface area contributed by atoms with Crippen LogP contribution in [0.3, 0.4) is 0 Å². The third-order valence-corrected chi connectivity index (χ3v) is 9.68. The first-order valence-electron chi connectivity index (χ1n) is 12.4. The van der Waals surface area contributed by atoms with Gasteiger partial charge in [-0.2, -0.15) is 0 Å². The third-order valence-electron chi connectivity index (χ3n) is 6.44. The second-order valence-corrected chi connectivity index (χ2v) is 13.1. The minimum atomic E-state index is -4.02. The van der Waals surface area contributed by atoms with Gasteiger partial charge in [0.15, 0.2) is 0 Å². The largest absolute Gasteiger partial charge is 0.497 e. The van der Waals surface area contributed by atoms with Gasteiger partial charge in [0.25, 0.3) is 15.9 Å². The maximum Gasteiger partial charge on any atom is 0.264 e. The van der Waals surface area contributed by atoms with Crippen LogP contribution in [0, 0.1) is 0 Å². The molecule has 1 saturated heterocycles. The molecule has 1 aliphatic rings.